The SMILES string of the molecule is c1cncc(-c2nc(N3CCN(Cc4cccc5cccnc45)CC3)c3c4c(sc3n2)CCCC4)c1. The van der Waals surface area contributed by atoms with Crippen molar-refractivity contribution in [2.75, 3.05) is 31.1 Å². The van der Waals surface area contributed by atoms with Crippen molar-refractivity contribution in [2.45, 2.75) is 32.2 Å². The van der Waals surface area contributed by atoms with Crippen LogP contribution in [0.15, 0.2) is 61.1 Å². The number of fused-ring (bicyclic) bond motifs is 4. The molecule has 180 valence electrons. The molecule has 6 nitrogen and oxygen atoms in total. The summed E-state index contributed by atoms with van der Waals surface area (Å²) in [5.74, 6) is 1.90. The second-order valence-electron chi connectivity index (χ2n) is 9.76. The van der Waals surface area contributed by atoms with E-state index < -0.39 is 0 Å². The number of para-hydroxylation sites is 1. The number of nitrogens with zero attached hydrogens (tertiary/aromatic N) is 6. The fraction of sp³-hybridized carbons (Fsp3) is 0.310. The van der Waals surface area contributed by atoms with E-state index in [0.29, 0.717) is 0 Å². The summed E-state index contributed by atoms with van der Waals surface area (Å²) < 4.78 is 0. The molecular weight excluding hydrogens is 464 g/mol. The molecule has 1 aromatic carbocycles. The summed E-state index contributed by atoms with van der Waals surface area (Å²) in [5, 5.41) is 2.51. The first-order chi connectivity index (χ1) is 17.8. The highest BCUT2D eigenvalue weighted by atomic mass is 32.1. The van der Waals surface area contributed by atoms with Gasteiger partial charge in [-0.2, -0.15) is 0 Å². The van der Waals surface area contributed by atoms with E-state index in [4.69, 9.17) is 9.97 Å². The summed E-state index contributed by atoms with van der Waals surface area (Å²) in [7, 11) is 0. The maximum Gasteiger partial charge on any atom is 0.164 e. The van der Waals surface area contributed by atoms with Gasteiger partial charge in [0, 0.05) is 67.1 Å². The van der Waals surface area contributed by atoms with E-state index >= 15 is 0 Å². The molecule has 1 saturated heterocycles. The highest BCUT2D eigenvalue weighted by Crippen LogP contribution is 2.41. The van der Waals surface area contributed by atoms with Crippen molar-refractivity contribution in [1.29, 1.82) is 0 Å². The van der Waals surface area contributed by atoms with Gasteiger partial charge in [0.1, 0.15) is 10.6 Å². The van der Waals surface area contributed by atoms with Crippen molar-refractivity contribution in [3.8, 4) is 11.4 Å². The summed E-state index contributed by atoms with van der Waals surface area (Å²) in [6.45, 7) is 4.85. The zero-order valence-electron chi connectivity index (χ0n) is 20.2. The van der Waals surface area contributed by atoms with E-state index in [9.17, 15) is 0 Å². The van der Waals surface area contributed by atoms with Crippen molar-refractivity contribution < 1.29 is 0 Å². The number of aromatic nitrogens is 4. The predicted octanol–water partition coefficient (Wildman–Crippen LogP) is 5.50. The van der Waals surface area contributed by atoms with E-state index in [-0.39, 0.29) is 0 Å². The minimum absolute atomic E-state index is 0.786. The summed E-state index contributed by atoms with van der Waals surface area (Å²) in [5.41, 5.74) is 4.90. The van der Waals surface area contributed by atoms with Crippen molar-refractivity contribution in [3.05, 3.63) is 77.1 Å². The quantitative estimate of drug-likeness (QED) is 0.330. The normalized spacial score (nSPS) is 16.5. The fourth-order valence-electron chi connectivity index (χ4n) is 5.64. The average Bonchev–Trinajstić information content (AvgIpc) is 3.32. The minimum Gasteiger partial charge on any atom is -0.353 e. The Morgan fingerprint density at radius 1 is 0.861 bits per heavy atom. The number of thiophene rings is 1. The highest BCUT2D eigenvalue weighted by Gasteiger charge is 2.26. The molecule has 0 bridgehead atoms. The first-order valence-corrected chi connectivity index (χ1v) is 13.7. The third kappa shape index (κ3) is 3.92. The molecule has 7 heteroatoms. The lowest BCUT2D eigenvalue weighted by Crippen LogP contribution is -2.46. The Hall–Kier alpha value is -3.42. The molecule has 0 unspecified atom stereocenters. The van der Waals surface area contributed by atoms with Crippen molar-refractivity contribution in [2.24, 2.45) is 0 Å². The molecule has 5 heterocycles. The van der Waals surface area contributed by atoms with E-state index in [2.05, 4.69) is 50.1 Å². The van der Waals surface area contributed by atoms with Crippen molar-refractivity contribution in [1.82, 2.24) is 24.8 Å². The number of hydrogen-bond donors (Lipinski definition) is 0. The van der Waals surface area contributed by atoms with Gasteiger partial charge in [-0.3, -0.25) is 14.9 Å². The van der Waals surface area contributed by atoms with Crippen LogP contribution >= 0.6 is 11.3 Å². The number of rotatable bonds is 4. The summed E-state index contributed by atoms with van der Waals surface area (Å²) >= 11 is 1.87. The molecule has 5 aromatic rings. The Kier molecular flexibility index (Phi) is 5.59. The number of piperazine rings is 1. The van der Waals surface area contributed by atoms with Crippen LogP contribution in [0.25, 0.3) is 32.5 Å². The van der Waals surface area contributed by atoms with E-state index in [1.165, 1.54) is 46.0 Å². The summed E-state index contributed by atoms with van der Waals surface area (Å²) in [4.78, 5) is 26.9. The predicted molar refractivity (Wildman–Crippen MR) is 147 cm³/mol. The minimum atomic E-state index is 0.786. The third-order valence-electron chi connectivity index (χ3n) is 7.50. The first-order valence-electron chi connectivity index (χ1n) is 12.9. The molecule has 0 N–H and O–H groups in total. The van der Waals surface area contributed by atoms with Crippen LogP contribution in [-0.4, -0.2) is 51.0 Å². The number of hydrogen-bond acceptors (Lipinski definition) is 7. The van der Waals surface area contributed by atoms with Gasteiger partial charge in [0.25, 0.3) is 0 Å². The Morgan fingerprint density at radius 3 is 2.61 bits per heavy atom. The van der Waals surface area contributed by atoms with E-state index in [1.54, 1.807) is 6.20 Å². The lowest BCUT2D eigenvalue weighted by atomic mass is 9.96. The van der Waals surface area contributed by atoms with E-state index in [1.807, 2.05) is 35.9 Å². The van der Waals surface area contributed by atoms with Gasteiger partial charge in [0.05, 0.1) is 10.9 Å². The smallest absolute Gasteiger partial charge is 0.164 e. The van der Waals surface area contributed by atoms with Crippen LogP contribution in [0.1, 0.15) is 28.8 Å². The van der Waals surface area contributed by atoms with Crippen molar-refractivity contribution >= 4 is 38.3 Å². The van der Waals surface area contributed by atoms with Crippen LogP contribution in [0, 0.1) is 0 Å². The molecule has 1 aliphatic carbocycles. The monoisotopic (exact) mass is 492 g/mol. The molecule has 36 heavy (non-hydrogen) atoms. The van der Waals surface area contributed by atoms with Crippen LogP contribution in [0.3, 0.4) is 0 Å². The van der Waals surface area contributed by atoms with Crippen LogP contribution in [0.2, 0.25) is 0 Å². The van der Waals surface area contributed by atoms with E-state index in [0.717, 1.165) is 66.7 Å². The van der Waals surface area contributed by atoms with Crippen molar-refractivity contribution in [3.63, 3.8) is 0 Å². The van der Waals surface area contributed by atoms with Gasteiger partial charge in [-0.15, -0.1) is 11.3 Å². The number of anilines is 1. The molecule has 2 aliphatic rings. The Labute approximate surface area is 214 Å². The number of aryl methyl sites for hydroxylation is 2. The van der Waals surface area contributed by atoms with Crippen LogP contribution in [-0.2, 0) is 19.4 Å². The Balaban J connectivity index is 1.20. The van der Waals surface area contributed by atoms with Crippen LogP contribution < -0.4 is 4.90 Å². The molecule has 4 aromatic heterocycles. The molecular formula is C29H28N6S. The molecule has 7 rings (SSSR count). The summed E-state index contributed by atoms with van der Waals surface area (Å²) in [6, 6.07) is 14.7. The molecule has 0 atom stereocenters. The van der Waals surface area contributed by atoms with Gasteiger partial charge in [0.15, 0.2) is 5.82 Å². The van der Waals surface area contributed by atoms with Crippen LogP contribution in [0.4, 0.5) is 5.82 Å². The molecule has 1 fully saturated rings. The zero-order valence-corrected chi connectivity index (χ0v) is 21.0. The molecule has 0 amide bonds. The average molecular weight is 493 g/mol. The van der Waals surface area contributed by atoms with Gasteiger partial charge in [-0.25, -0.2) is 9.97 Å². The van der Waals surface area contributed by atoms with Gasteiger partial charge in [0.2, 0.25) is 0 Å². The summed E-state index contributed by atoms with van der Waals surface area (Å²) in [6.07, 6.45) is 10.4. The lowest BCUT2D eigenvalue weighted by molar-refractivity contribution is 0.250. The second kappa shape index (κ2) is 9.22. The molecule has 0 spiro atoms. The largest absolute Gasteiger partial charge is 0.353 e. The zero-order chi connectivity index (χ0) is 23.9. The molecule has 1 aliphatic heterocycles. The van der Waals surface area contributed by atoms with Gasteiger partial charge < -0.3 is 4.90 Å². The third-order valence-corrected chi connectivity index (χ3v) is 8.68. The fourth-order valence-corrected chi connectivity index (χ4v) is 6.90. The molecule has 0 saturated carbocycles. The standard InChI is InChI=1S/C29H28N6S/c1-2-11-24-23(10-1)25-28(32-27(33-29(25)36-24)21-9-4-12-30-18-21)35-16-14-34(15-17-35)19-22-7-3-6-20-8-5-13-31-26(20)22/h3-9,12-13,18H,1-2,10-11,14-17,19H2. The highest BCUT2D eigenvalue weighted by molar-refractivity contribution is 7.19. The van der Waals surface area contributed by atoms with Gasteiger partial charge in [-0.05, 0) is 55.0 Å². The maximum atomic E-state index is 5.18. The van der Waals surface area contributed by atoms with Gasteiger partial charge >= 0.3 is 0 Å². The molecule has 0 radical (unpaired) electrons. The Bertz CT molecular complexity index is 1530. The van der Waals surface area contributed by atoms with Crippen LogP contribution in [0.5, 0.6) is 0 Å². The first kappa shape index (κ1) is 21.8. The maximum absolute atomic E-state index is 5.18. The lowest BCUT2D eigenvalue weighted by Gasteiger charge is -2.36. The van der Waals surface area contributed by atoms with Gasteiger partial charge in [-0.1, -0.05) is 24.3 Å². The number of benzene rings is 1. The number of pyridine rings is 2. The topological polar surface area (TPSA) is 58.0 Å². The Morgan fingerprint density at radius 2 is 1.72 bits per heavy atom. The second-order valence-corrected chi connectivity index (χ2v) is 10.8.